The quantitative estimate of drug-likeness (QED) is 0.583. The zero-order chi connectivity index (χ0) is 14.8. The second-order valence-corrected chi connectivity index (χ2v) is 6.04. The van der Waals surface area contributed by atoms with Crippen LogP contribution in [-0.2, 0) is 6.42 Å². The fourth-order valence-electron chi connectivity index (χ4n) is 2.29. The molecule has 0 saturated carbocycles. The first-order valence-electron chi connectivity index (χ1n) is 6.61. The van der Waals surface area contributed by atoms with Crippen LogP contribution >= 0.6 is 11.3 Å². The van der Waals surface area contributed by atoms with Gasteiger partial charge in [-0.2, -0.15) is 0 Å². The Balaban J connectivity index is 1.78. The van der Waals surface area contributed by atoms with Crippen molar-refractivity contribution in [1.82, 2.24) is 0 Å². The van der Waals surface area contributed by atoms with E-state index in [1.165, 1.54) is 22.2 Å². The summed E-state index contributed by atoms with van der Waals surface area (Å²) >= 11 is 1.70. The van der Waals surface area contributed by atoms with E-state index in [9.17, 15) is 10.1 Å². The molecular weight excluding hydrogens is 284 g/mol. The van der Waals surface area contributed by atoms with Gasteiger partial charge in [-0.1, -0.05) is 30.3 Å². The molecule has 2 aromatic carbocycles. The molecular formula is C16H14N2O2S. The van der Waals surface area contributed by atoms with E-state index in [1.54, 1.807) is 23.5 Å². The lowest BCUT2D eigenvalue weighted by Gasteiger charge is -2.09. The summed E-state index contributed by atoms with van der Waals surface area (Å²) in [6, 6.07) is 16.8. The molecule has 0 spiro atoms. The molecule has 1 unspecified atom stereocenters. The standard InChI is InChI=1S/C16H14N2O2S/c17-14(9-11-5-7-13(8-6-11)18(19)20)16-10-12-3-1-2-4-15(12)21-16/h1-8,10,14H,9,17H2. The number of hydrogen-bond donors (Lipinski definition) is 1. The van der Waals surface area contributed by atoms with Crippen LogP contribution in [0.5, 0.6) is 0 Å². The van der Waals surface area contributed by atoms with E-state index < -0.39 is 4.92 Å². The van der Waals surface area contributed by atoms with E-state index in [-0.39, 0.29) is 11.7 Å². The highest BCUT2D eigenvalue weighted by Gasteiger charge is 2.12. The Morgan fingerprint density at radius 3 is 2.52 bits per heavy atom. The number of fused-ring (bicyclic) bond motifs is 1. The van der Waals surface area contributed by atoms with Gasteiger partial charge in [-0.05, 0) is 29.5 Å². The molecule has 0 fully saturated rings. The number of hydrogen-bond acceptors (Lipinski definition) is 4. The number of nitrogens with zero attached hydrogens (tertiary/aromatic N) is 1. The lowest BCUT2D eigenvalue weighted by atomic mass is 10.0. The van der Waals surface area contributed by atoms with Crippen molar-refractivity contribution in [1.29, 1.82) is 0 Å². The number of benzene rings is 2. The molecule has 0 aliphatic heterocycles. The molecule has 0 amide bonds. The molecule has 0 bridgehead atoms. The van der Waals surface area contributed by atoms with Crippen LogP contribution in [0, 0.1) is 10.1 Å². The SMILES string of the molecule is NC(Cc1ccc([N+](=O)[O-])cc1)c1cc2ccccc2s1. The predicted molar refractivity (Wildman–Crippen MR) is 85.6 cm³/mol. The second-order valence-electron chi connectivity index (χ2n) is 4.92. The Hall–Kier alpha value is -2.24. The molecule has 0 aliphatic rings. The van der Waals surface area contributed by atoms with Crippen LogP contribution in [-0.4, -0.2) is 4.92 Å². The topological polar surface area (TPSA) is 69.2 Å². The molecule has 5 heteroatoms. The van der Waals surface area contributed by atoms with Gasteiger partial charge in [0.15, 0.2) is 0 Å². The van der Waals surface area contributed by atoms with Gasteiger partial charge in [0.2, 0.25) is 0 Å². The summed E-state index contributed by atoms with van der Waals surface area (Å²) in [4.78, 5) is 11.4. The summed E-state index contributed by atoms with van der Waals surface area (Å²) in [5, 5.41) is 11.8. The van der Waals surface area contributed by atoms with E-state index in [1.807, 2.05) is 12.1 Å². The Morgan fingerprint density at radius 1 is 1.14 bits per heavy atom. The number of nitro groups is 1. The van der Waals surface area contributed by atoms with Gasteiger partial charge in [0, 0.05) is 27.8 Å². The molecule has 1 heterocycles. The summed E-state index contributed by atoms with van der Waals surface area (Å²) in [6.07, 6.45) is 0.671. The van der Waals surface area contributed by atoms with Crippen LogP contribution < -0.4 is 5.73 Å². The van der Waals surface area contributed by atoms with Crippen LogP contribution in [0.25, 0.3) is 10.1 Å². The minimum absolute atomic E-state index is 0.0937. The van der Waals surface area contributed by atoms with Crippen molar-refractivity contribution in [3.8, 4) is 0 Å². The highest BCUT2D eigenvalue weighted by molar-refractivity contribution is 7.19. The third-order valence-electron chi connectivity index (χ3n) is 3.41. The van der Waals surface area contributed by atoms with Crippen LogP contribution in [0.15, 0.2) is 54.6 Å². The monoisotopic (exact) mass is 298 g/mol. The smallest absolute Gasteiger partial charge is 0.269 e. The lowest BCUT2D eigenvalue weighted by Crippen LogP contribution is -2.11. The molecule has 4 nitrogen and oxygen atoms in total. The Labute approximate surface area is 126 Å². The fourth-order valence-corrected chi connectivity index (χ4v) is 3.36. The first-order chi connectivity index (χ1) is 10.1. The zero-order valence-corrected chi connectivity index (χ0v) is 12.0. The third-order valence-corrected chi connectivity index (χ3v) is 4.66. The van der Waals surface area contributed by atoms with Gasteiger partial charge in [0.1, 0.15) is 0 Å². The number of non-ortho nitro benzene ring substituents is 1. The molecule has 2 N–H and O–H groups in total. The van der Waals surface area contributed by atoms with Crippen molar-refractivity contribution in [3.05, 3.63) is 75.2 Å². The zero-order valence-electron chi connectivity index (χ0n) is 11.2. The second kappa shape index (κ2) is 5.63. The number of rotatable bonds is 4. The predicted octanol–water partition coefficient (Wildman–Crippen LogP) is 4.05. The molecule has 3 rings (SSSR count). The van der Waals surface area contributed by atoms with Crippen molar-refractivity contribution in [2.24, 2.45) is 5.73 Å². The average Bonchev–Trinajstić information content (AvgIpc) is 2.92. The molecule has 0 aliphatic carbocycles. The maximum atomic E-state index is 10.6. The van der Waals surface area contributed by atoms with Crippen LogP contribution in [0.3, 0.4) is 0 Å². The Kier molecular flexibility index (Phi) is 3.68. The number of thiophene rings is 1. The Bertz CT molecular complexity index is 747. The minimum Gasteiger partial charge on any atom is -0.323 e. The number of nitro benzene ring substituents is 1. The average molecular weight is 298 g/mol. The summed E-state index contributed by atoms with van der Waals surface area (Å²) in [5.74, 6) is 0. The summed E-state index contributed by atoms with van der Waals surface area (Å²) in [6.45, 7) is 0. The van der Waals surface area contributed by atoms with Crippen LogP contribution in [0.4, 0.5) is 5.69 Å². The largest absolute Gasteiger partial charge is 0.323 e. The summed E-state index contributed by atoms with van der Waals surface area (Å²) in [5.41, 5.74) is 7.38. The van der Waals surface area contributed by atoms with Gasteiger partial charge in [-0.15, -0.1) is 11.3 Å². The van der Waals surface area contributed by atoms with Gasteiger partial charge in [-0.25, -0.2) is 0 Å². The van der Waals surface area contributed by atoms with Crippen molar-refractivity contribution in [2.45, 2.75) is 12.5 Å². The van der Waals surface area contributed by atoms with E-state index in [0.29, 0.717) is 6.42 Å². The van der Waals surface area contributed by atoms with Crippen LogP contribution in [0.1, 0.15) is 16.5 Å². The van der Waals surface area contributed by atoms with Gasteiger partial charge in [0.05, 0.1) is 4.92 Å². The van der Waals surface area contributed by atoms with Crippen molar-refractivity contribution < 1.29 is 4.92 Å². The number of nitrogens with two attached hydrogens (primary N) is 1. The van der Waals surface area contributed by atoms with E-state index in [2.05, 4.69) is 18.2 Å². The van der Waals surface area contributed by atoms with E-state index >= 15 is 0 Å². The highest BCUT2D eigenvalue weighted by Crippen LogP contribution is 2.30. The maximum Gasteiger partial charge on any atom is 0.269 e. The maximum absolute atomic E-state index is 10.6. The van der Waals surface area contributed by atoms with Gasteiger partial charge >= 0.3 is 0 Å². The summed E-state index contributed by atoms with van der Waals surface area (Å²) < 4.78 is 1.23. The van der Waals surface area contributed by atoms with Crippen molar-refractivity contribution in [3.63, 3.8) is 0 Å². The van der Waals surface area contributed by atoms with E-state index in [0.717, 1.165) is 10.4 Å². The van der Waals surface area contributed by atoms with Crippen LogP contribution in [0.2, 0.25) is 0 Å². The molecule has 21 heavy (non-hydrogen) atoms. The van der Waals surface area contributed by atoms with Gasteiger partial charge < -0.3 is 5.73 Å². The summed E-state index contributed by atoms with van der Waals surface area (Å²) in [7, 11) is 0. The van der Waals surface area contributed by atoms with Gasteiger partial charge in [-0.3, -0.25) is 10.1 Å². The minimum atomic E-state index is -0.393. The third kappa shape index (κ3) is 2.94. The Morgan fingerprint density at radius 2 is 1.86 bits per heavy atom. The first-order valence-corrected chi connectivity index (χ1v) is 7.42. The molecule has 1 aromatic heterocycles. The molecule has 106 valence electrons. The van der Waals surface area contributed by atoms with E-state index in [4.69, 9.17) is 5.73 Å². The molecule has 1 atom stereocenters. The molecule has 0 saturated heterocycles. The van der Waals surface area contributed by atoms with Crippen molar-refractivity contribution in [2.75, 3.05) is 0 Å². The van der Waals surface area contributed by atoms with Crippen molar-refractivity contribution >= 4 is 27.1 Å². The normalized spacial score (nSPS) is 12.4. The van der Waals surface area contributed by atoms with Gasteiger partial charge in [0.25, 0.3) is 5.69 Å². The fraction of sp³-hybridized carbons (Fsp3) is 0.125. The lowest BCUT2D eigenvalue weighted by molar-refractivity contribution is -0.384. The molecule has 0 radical (unpaired) electrons. The first kappa shape index (κ1) is 13.7. The highest BCUT2D eigenvalue weighted by atomic mass is 32.1. The molecule has 3 aromatic rings.